The average Bonchev–Trinajstić information content (AvgIpc) is 2.25. The second-order valence-electron chi connectivity index (χ2n) is 3.01. The molecule has 0 fully saturated rings. The SMILES string of the molecule is COc1nc(C(F)(F)F)cc([N+](=O)[O-])c1C(F)F. The van der Waals surface area contributed by atoms with Crippen LogP contribution in [0.25, 0.3) is 0 Å². The quantitative estimate of drug-likeness (QED) is 0.482. The van der Waals surface area contributed by atoms with Crippen LogP contribution in [0.1, 0.15) is 17.7 Å². The average molecular weight is 272 g/mol. The Bertz CT molecular complexity index is 475. The fourth-order valence-electron chi connectivity index (χ4n) is 1.18. The summed E-state index contributed by atoms with van der Waals surface area (Å²) in [6, 6.07) is -0.0516. The van der Waals surface area contributed by atoms with Gasteiger partial charge in [-0.3, -0.25) is 10.1 Å². The lowest BCUT2D eigenvalue weighted by Gasteiger charge is -2.11. The number of halogens is 5. The topological polar surface area (TPSA) is 65.3 Å². The van der Waals surface area contributed by atoms with Gasteiger partial charge in [0, 0.05) is 6.07 Å². The van der Waals surface area contributed by atoms with Gasteiger partial charge in [0.25, 0.3) is 12.1 Å². The fraction of sp³-hybridized carbons (Fsp3) is 0.375. The molecule has 0 N–H and O–H groups in total. The molecular weight excluding hydrogens is 267 g/mol. The number of rotatable bonds is 3. The van der Waals surface area contributed by atoms with Gasteiger partial charge in [-0.25, -0.2) is 13.8 Å². The Morgan fingerprint density at radius 1 is 1.44 bits per heavy atom. The summed E-state index contributed by atoms with van der Waals surface area (Å²) in [7, 11) is 0.790. The van der Waals surface area contributed by atoms with E-state index in [9.17, 15) is 32.1 Å². The van der Waals surface area contributed by atoms with Gasteiger partial charge in [0.2, 0.25) is 5.88 Å². The van der Waals surface area contributed by atoms with Crippen molar-refractivity contribution in [3.8, 4) is 5.88 Å². The molecule has 0 radical (unpaired) electrons. The number of nitro groups is 1. The van der Waals surface area contributed by atoms with E-state index in [1.165, 1.54) is 0 Å². The van der Waals surface area contributed by atoms with Crippen molar-refractivity contribution in [1.29, 1.82) is 0 Å². The fourth-order valence-corrected chi connectivity index (χ4v) is 1.18. The van der Waals surface area contributed by atoms with E-state index in [0.29, 0.717) is 0 Å². The van der Waals surface area contributed by atoms with Gasteiger partial charge < -0.3 is 4.74 Å². The summed E-state index contributed by atoms with van der Waals surface area (Å²) in [5.74, 6) is -1.12. The molecule has 0 aliphatic rings. The van der Waals surface area contributed by atoms with E-state index in [1.54, 1.807) is 0 Å². The van der Waals surface area contributed by atoms with Crippen LogP contribution < -0.4 is 4.74 Å². The number of aromatic nitrogens is 1. The number of alkyl halides is 5. The molecule has 100 valence electrons. The molecule has 0 saturated heterocycles. The van der Waals surface area contributed by atoms with Gasteiger partial charge in [0.15, 0.2) is 11.3 Å². The second-order valence-corrected chi connectivity index (χ2v) is 3.01. The highest BCUT2D eigenvalue weighted by atomic mass is 19.4. The largest absolute Gasteiger partial charge is 0.480 e. The van der Waals surface area contributed by atoms with Crippen LogP contribution >= 0.6 is 0 Å². The third-order valence-electron chi connectivity index (χ3n) is 1.90. The van der Waals surface area contributed by atoms with Crippen molar-refractivity contribution < 1.29 is 31.6 Å². The van der Waals surface area contributed by atoms with E-state index in [4.69, 9.17) is 0 Å². The molecule has 0 unspecified atom stereocenters. The molecule has 0 atom stereocenters. The molecule has 5 nitrogen and oxygen atoms in total. The van der Waals surface area contributed by atoms with Gasteiger partial charge in [-0.2, -0.15) is 13.2 Å². The minimum absolute atomic E-state index is 0.0516. The van der Waals surface area contributed by atoms with Crippen LogP contribution in [0, 0.1) is 10.1 Å². The first-order valence-electron chi connectivity index (χ1n) is 4.27. The Kier molecular flexibility index (Phi) is 3.67. The third-order valence-corrected chi connectivity index (χ3v) is 1.90. The Morgan fingerprint density at radius 3 is 2.33 bits per heavy atom. The monoisotopic (exact) mass is 272 g/mol. The van der Waals surface area contributed by atoms with Crippen LogP contribution in [0.3, 0.4) is 0 Å². The van der Waals surface area contributed by atoms with E-state index in [2.05, 4.69) is 9.72 Å². The Balaban J connectivity index is 3.59. The molecule has 1 aromatic rings. The zero-order chi connectivity index (χ0) is 14.1. The molecule has 18 heavy (non-hydrogen) atoms. The van der Waals surface area contributed by atoms with Gasteiger partial charge in [0.1, 0.15) is 0 Å². The van der Waals surface area contributed by atoms with Crippen LogP contribution in [0.4, 0.5) is 27.6 Å². The predicted octanol–water partition coefficient (Wildman–Crippen LogP) is 2.95. The van der Waals surface area contributed by atoms with Crippen molar-refractivity contribution in [3.63, 3.8) is 0 Å². The first-order chi connectivity index (χ1) is 8.18. The summed E-state index contributed by atoms with van der Waals surface area (Å²) < 4.78 is 66.4. The number of pyridine rings is 1. The Labute approximate surface area is 96.3 Å². The van der Waals surface area contributed by atoms with Crippen molar-refractivity contribution in [1.82, 2.24) is 4.98 Å². The van der Waals surface area contributed by atoms with Gasteiger partial charge in [-0.1, -0.05) is 0 Å². The van der Waals surface area contributed by atoms with Crippen LogP contribution in [-0.2, 0) is 6.18 Å². The highest BCUT2D eigenvalue weighted by Gasteiger charge is 2.38. The Hall–Kier alpha value is -2.00. The van der Waals surface area contributed by atoms with Crippen LogP contribution in [0.2, 0.25) is 0 Å². The number of nitrogens with zero attached hydrogens (tertiary/aromatic N) is 2. The lowest BCUT2D eigenvalue weighted by Crippen LogP contribution is -2.12. The smallest absolute Gasteiger partial charge is 0.433 e. The van der Waals surface area contributed by atoms with Gasteiger partial charge in [-0.15, -0.1) is 0 Å². The normalized spacial score (nSPS) is 11.7. The highest BCUT2D eigenvalue weighted by Crippen LogP contribution is 2.39. The molecular formula is C8H5F5N2O3. The lowest BCUT2D eigenvalue weighted by atomic mass is 10.2. The molecule has 10 heteroatoms. The standard InChI is InChI=1S/C8H5F5N2O3/c1-18-7-5(6(9)10)3(15(16)17)2-4(14-7)8(11,12)13/h2,6H,1H3. The molecule has 0 spiro atoms. The molecule has 1 heterocycles. The highest BCUT2D eigenvalue weighted by molar-refractivity contribution is 5.48. The number of ether oxygens (including phenoxy) is 1. The second kappa shape index (κ2) is 4.70. The maximum atomic E-state index is 12.6. The van der Waals surface area contributed by atoms with E-state index in [0.717, 1.165) is 7.11 Å². The summed E-state index contributed by atoms with van der Waals surface area (Å²) in [5.41, 5.74) is -4.34. The molecule has 1 aromatic heterocycles. The minimum atomic E-state index is -5.00. The summed E-state index contributed by atoms with van der Waals surface area (Å²) >= 11 is 0. The van der Waals surface area contributed by atoms with Crippen LogP contribution in [0.15, 0.2) is 6.07 Å². The number of hydrogen-bond acceptors (Lipinski definition) is 4. The molecule has 1 rings (SSSR count). The van der Waals surface area contributed by atoms with Crippen molar-refractivity contribution in [2.75, 3.05) is 7.11 Å². The molecule has 0 saturated carbocycles. The van der Waals surface area contributed by atoms with Gasteiger partial charge in [0.05, 0.1) is 12.0 Å². The molecule has 0 aliphatic carbocycles. The molecule has 0 bridgehead atoms. The zero-order valence-corrected chi connectivity index (χ0v) is 8.66. The molecule has 0 amide bonds. The maximum Gasteiger partial charge on any atom is 0.433 e. The predicted molar refractivity (Wildman–Crippen MR) is 47.4 cm³/mol. The maximum absolute atomic E-state index is 12.6. The van der Waals surface area contributed by atoms with Crippen molar-refractivity contribution >= 4 is 5.69 Å². The van der Waals surface area contributed by atoms with Crippen molar-refractivity contribution in [2.45, 2.75) is 12.6 Å². The van der Waals surface area contributed by atoms with Crippen LogP contribution in [-0.4, -0.2) is 17.0 Å². The first kappa shape index (κ1) is 14.1. The Morgan fingerprint density at radius 2 is 2.00 bits per heavy atom. The summed E-state index contributed by atoms with van der Waals surface area (Å²) in [4.78, 5) is 11.9. The van der Waals surface area contributed by atoms with Crippen molar-refractivity contribution in [3.05, 3.63) is 27.4 Å². The third kappa shape index (κ3) is 2.63. The summed E-state index contributed by atoms with van der Waals surface area (Å²) in [5, 5.41) is 10.5. The number of methoxy groups -OCH3 is 1. The van der Waals surface area contributed by atoms with E-state index in [-0.39, 0.29) is 6.07 Å². The van der Waals surface area contributed by atoms with Gasteiger partial charge in [-0.05, 0) is 0 Å². The van der Waals surface area contributed by atoms with Crippen LogP contribution in [0.5, 0.6) is 5.88 Å². The molecule has 0 aliphatic heterocycles. The van der Waals surface area contributed by atoms with Crippen molar-refractivity contribution in [2.24, 2.45) is 0 Å². The van der Waals surface area contributed by atoms with E-state index >= 15 is 0 Å². The van der Waals surface area contributed by atoms with E-state index in [1.807, 2.05) is 0 Å². The summed E-state index contributed by atoms with van der Waals surface area (Å²) in [6.45, 7) is 0. The van der Waals surface area contributed by atoms with E-state index < -0.39 is 40.3 Å². The minimum Gasteiger partial charge on any atom is -0.480 e. The van der Waals surface area contributed by atoms with Gasteiger partial charge >= 0.3 is 6.18 Å². The molecule has 0 aromatic carbocycles. The number of hydrogen-bond donors (Lipinski definition) is 0. The first-order valence-corrected chi connectivity index (χ1v) is 4.27. The zero-order valence-electron chi connectivity index (χ0n) is 8.66. The summed E-state index contributed by atoms with van der Waals surface area (Å²) in [6.07, 6.45) is -8.38. The lowest BCUT2D eigenvalue weighted by molar-refractivity contribution is -0.386.